The molecule has 0 saturated heterocycles. The number of esters is 3. The summed E-state index contributed by atoms with van der Waals surface area (Å²) in [7, 11) is 0. The Morgan fingerprint density at radius 3 is 1.71 bits per heavy atom. The number of hydrogen-bond donors (Lipinski definition) is 1. The summed E-state index contributed by atoms with van der Waals surface area (Å²) in [4.78, 5) is 39.2. The fourth-order valence-corrected chi connectivity index (χ4v) is 4.10. The topological polar surface area (TPSA) is 114 Å². The number of benzene rings is 3. The third-order valence-electron chi connectivity index (χ3n) is 6.42. The maximum absolute atomic E-state index is 13.5. The fourth-order valence-electron chi connectivity index (χ4n) is 4.10. The Balaban J connectivity index is 1.75. The number of carbonyl (C=O) groups is 3. The molecule has 8 heteroatoms. The first-order valence-corrected chi connectivity index (χ1v) is 13.8. The third kappa shape index (κ3) is 10.5. The molecule has 0 bridgehead atoms. The molecule has 41 heavy (non-hydrogen) atoms. The van der Waals surface area contributed by atoms with Crippen LogP contribution in [0.2, 0.25) is 0 Å². The molecule has 0 fully saturated rings. The summed E-state index contributed by atoms with van der Waals surface area (Å²) in [6.07, 6.45) is -1.91. The quantitative estimate of drug-likeness (QED) is 0.211. The van der Waals surface area contributed by atoms with Crippen molar-refractivity contribution in [2.45, 2.75) is 58.7 Å². The van der Waals surface area contributed by atoms with E-state index in [2.05, 4.69) is 0 Å². The van der Waals surface area contributed by atoms with E-state index in [4.69, 9.17) is 24.7 Å². The van der Waals surface area contributed by atoms with Crippen molar-refractivity contribution in [3.8, 4) is 0 Å². The zero-order valence-electron chi connectivity index (χ0n) is 23.8. The lowest BCUT2D eigenvalue weighted by Crippen LogP contribution is -2.47. The fraction of sp³-hybridized carbons (Fsp3) is 0.364. The van der Waals surface area contributed by atoms with Crippen molar-refractivity contribution in [2.24, 2.45) is 17.6 Å². The van der Waals surface area contributed by atoms with Gasteiger partial charge in [-0.3, -0.25) is 14.4 Å². The molecule has 3 rings (SSSR count). The number of nitrogens with two attached hydrogens (primary N) is 1. The van der Waals surface area contributed by atoms with E-state index in [1.807, 2.05) is 91.0 Å². The van der Waals surface area contributed by atoms with E-state index in [9.17, 15) is 14.4 Å². The largest absolute Gasteiger partial charge is 0.460 e. The molecule has 0 aliphatic rings. The standard InChI is InChI=1S/C33H39NO7/c1-23(2)31(35)41-30(24(3)40-33(37)29(34)22-38-20-26-15-9-5-10-16-26)28(19-25-13-7-4-8-14-25)32(36)39-21-27-17-11-6-12-18-27/h4-18,23-24,28-30H,19-22,34H2,1-3H3/t24-,28+,29?,30?/m0/s1. The van der Waals surface area contributed by atoms with E-state index in [0.29, 0.717) is 6.61 Å². The Labute approximate surface area is 241 Å². The van der Waals surface area contributed by atoms with Crippen LogP contribution in [0, 0.1) is 11.8 Å². The van der Waals surface area contributed by atoms with Gasteiger partial charge < -0.3 is 24.7 Å². The molecule has 218 valence electrons. The molecule has 2 unspecified atom stereocenters. The van der Waals surface area contributed by atoms with Crippen molar-refractivity contribution in [1.29, 1.82) is 0 Å². The first kappa shape index (κ1) is 31.5. The predicted octanol–water partition coefficient (Wildman–Crippen LogP) is 4.63. The normalized spacial score (nSPS) is 14.0. The maximum atomic E-state index is 13.5. The van der Waals surface area contributed by atoms with Gasteiger partial charge in [-0.05, 0) is 30.0 Å². The van der Waals surface area contributed by atoms with E-state index >= 15 is 0 Å². The van der Waals surface area contributed by atoms with Crippen LogP contribution in [-0.4, -0.2) is 42.8 Å². The number of rotatable bonds is 15. The van der Waals surface area contributed by atoms with Crippen LogP contribution >= 0.6 is 0 Å². The van der Waals surface area contributed by atoms with Crippen molar-refractivity contribution in [2.75, 3.05) is 6.61 Å². The van der Waals surface area contributed by atoms with Crippen molar-refractivity contribution in [3.63, 3.8) is 0 Å². The number of carbonyl (C=O) groups excluding carboxylic acids is 3. The molecular formula is C33H39NO7. The summed E-state index contributed by atoms with van der Waals surface area (Å²) in [5.74, 6) is -3.24. The minimum absolute atomic E-state index is 0.0492. The highest BCUT2D eigenvalue weighted by atomic mass is 16.6. The van der Waals surface area contributed by atoms with Crippen LogP contribution in [-0.2, 0) is 53.0 Å². The SMILES string of the molecule is CC(C)C(=O)OC([C@H](C)OC(=O)C(N)COCc1ccccc1)[C@@H](Cc1ccccc1)C(=O)OCc1ccccc1. The van der Waals surface area contributed by atoms with Gasteiger partial charge in [0.2, 0.25) is 0 Å². The first-order chi connectivity index (χ1) is 19.7. The molecule has 0 radical (unpaired) electrons. The molecule has 0 aliphatic heterocycles. The van der Waals surface area contributed by atoms with Crippen LogP contribution in [0.1, 0.15) is 37.5 Å². The van der Waals surface area contributed by atoms with Gasteiger partial charge in [0.1, 0.15) is 24.7 Å². The number of hydrogen-bond acceptors (Lipinski definition) is 8. The van der Waals surface area contributed by atoms with E-state index in [1.165, 1.54) is 0 Å². The van der Waals surface area contributed by atoms with Crippen LogP contribution < -0.4 is 5.73 Å². The van der Waals surface area contributed by atoms with Gasteiger partial charge in [0.25, 0.3) is 0 Å². The van der Waals surface area contributed by atoms with Crippen molar-refractivity contribution < 1.29 is 33.3 Å². The molecule has 0 amide bonds. The summed E-state index contributed by atoms with van der Waals surface area (Å²) in [5.41, 5.74) is 8.65. The molecule has 0 saturated carbocycles. The lowest BCUT2D eigenvalue weighted by Gasteiger charge is -2.31. The van der Waals surface area contributed by atoms with Gasteiger partial charge in [0.05, 0.1) is 19.1 Å². The molecule has 3 aromatic rings. The average molecular weight is 562 g/mol. The molecule has 2 N–H and O–H groups in total. The molecular weight excluding hydrogens is 522 g/mol. The van der Waals surface area contributed by atoms with Crippen LogP contribution in [0.25, 0.3) is 0 Å². The summed E-state index contributed by atoms with van der Waals surface area (Å²) < 4.78 is 22.7. The minimum atomic E-state index is -1.12. The summed E-state index contributed by atoms with van der Waals surface area (Å²) in [6.45, 7) is 5.23. The molecule has 0 aliphatic carbocycles. The zero-order valence-corrected chi connectivity index (χ0v) is 23.8. The van der Waals surface area contributed by atoms with Crippen LogP contribution in [0.4, 0.5) is 0 Å². The average Bonchev–Trinajstić information content (AvgIpc) is 2.98. The first-order valence-electron chi connectivity index (χ1n) is 13.8. The van der Waals surface area contributed by atoms with E-state index in [0.717, 1.165) is 16.7 Å². The van der Waals surface area contributed by atoms with Gasteiger partial charge in [-0.25, -0.2) is 0 Å². The van der Waals surface area contributed by atoms with Gasteiger partial charge in [0.15, 0.2) is 6.10 Å². The van der Waals surface area contributed by atoms with Crippen molar-refractivity contribution in [3.05, 3.63) is 108 Å². The molecule has 3 aromatic carbocycles. The molecule has 8 nitrogen and oxygen atoms in total. The van der Waals surface area contributed by atoms with E-state index in [1.54, 1.807) is 20.8 Å². The van der Waals surface area contributed by atoms with Crippen LogP contribution in [0.5, 0.6) is 0 Å². The second-order valence-corrected chi connectivity index (χ2v) is 10.2. The highest BCUT2D eigenvalue weighted by Gasteiger charge is 2.39. The van der Waals surface area contributed by atoms with E-state index < -0.39 is 48.0 Å². The van der Waals surface area contributed by atoms with Crippen LogP contribution in [0.15, 0.2) is 91.0 Å². The van der Waals surface area contributed by atoms with Gasteiger partial charge >= 0.3 is 17.9 Å². The van der Waals surface area contributed by atoms with Gasteiger partial charge in [-0.2, -0.15) is 0 Å². The number of ether oxygens (including phenoxy) is 4. The molecule has 0 heterocycles. The lowest BCUT2D eigenvalue weighted by atomic mass is 9.90. The Kier molecular flexibility index (Phi) is 12.5. The molecule has 0 aromatic heterocycles. The monoisotopic (exact) mass is 561 g/mol. The van der Waals surface area contributed by atoms with E-state index in [-0.39, 0.29) is 19.6 Å². The zero-order chi connectivity index (χ0) is 29.6. The van der Waals surface area contributed by atoms with Gasteiger partial charge in [0, 0.05) is 0 Å². The highest BCUT2D eigenvalue weighted by Crippen LogP contribution is 2.24. The maximum Gasteiger partial charge on any atom is 0.325 e. The van der Waals surface area contributed by atoms with Gasteiger partial charge in [-0.1, -0.05) is 105 Å². The molecule has 0 spiro atoms. The second-order valence-electron chi connectivity index (χ2n) is 10.2. The minimum Gasteiger partial charge on any atom is -0.460 e. The predicted molar refractivity (Wildman–Crippen MR) is 154 cm³/mol. The van der Waals surface area contributed by atoms with Crippen molar-refractivity contribution >= 4 is 17.9 Å². The summed E-state index contributed by atoms with van der Waals surface area (Å²) in [5, 5.41) is 0. The molecule has 4 atom stereocenters. The Morgan fingerprint density at radius 1 is 0.659 bits per heavy atom. The summed E-state index contributed by atoms with van der Waals surface area (Å²) in [6, 6.07) is 27.0. The van der Waals surface area contributed by atoms with Crippen LogP contribution in [0.3, 0.4) is 0 Å². The Morgan fingerprint density at radius 2 is 1.17 bits per heavy atom. The highest BCUT2D eigenvalue weighted by molar-refractivity contribution is 5.77. The van der Waals surface area contributed by atoms with Gasteiger partial charge in [-0.15, -0.1) is 0 Å². The third-order valence-corrected chi connectivity index (χ3v) is 6.42. The smallest absolute Gasteiger partial charge is 0.325 e. The Hall–Kier alpha value is -4.01. The van der Waals surface area contributed by atoms with Crippen molar-refractivity contribution in [1.82, 2.24) is 0 Å². The second kappa shape index (κ2) is 16.3. The summed E-state index contributed by atoms with van der Waals surface area (Å²) >= 11 is 0. The Bertz CT molecular complexity index is 1220. The lowest BCUT2D eigenvalue weighted by molar-refractivity contribution is -0.181.